The van der Waals surface area contributed by atoms with E-state index in [9.17, 15) is 18.0 Å². The van der Waals surface area contributed by atoms with Gasteiger partial charge in [0.25, 0.3) is 10.0 Å². The zero-order valence-electron chi connectivity index (χ0n) is 26.3. The Hall–Kier alpha value is -3.67. The Morgan fingerprint density at radius 1 is 0.891 bits per heavy atom. The van der Waals surface area contributed by atoms with Crippen LogP contribution in [0.3, 0.4) is 0 Å². The van der Waals surface area contributed by atoms with E-state index in [4.69, 9.17) is 37.4 Å². The Kier molecular flexibility index (Phi) is 12.0. The SMILES string of the molecule is COc1ccc(S(=O)(=O)N(CC(=O)N(Cc2ccccc2Cl)C(C)C(=O)NC2CCCCC2)c2cc(Cl)ccc2OC)cc1OC. The number of hydrogen-bond donors (Lipinski definition) is 1. The fourth-order valence-corrected chi connectivity index (χ4v) is 7.23. The fraction of sp³-hybridized carbons (Fsp3) is 0.394. The van der Waals surface area contributed by atoms with Gasteiger partial charge in [0.05, 0.1) is 31.9 Å². The average molecular weight is 693 g/mol. The van der Waals surface area contributed by atoms with Gasteiger partial charge in [0, 0.05) is 28.7 Å². The van der Waals surface area contributed by atoms with Gasteiger partial charge in [0.15, 0.2) is 11.5 Å². The molecule has 1 aliphatic carbocycles. The van der Waals surface area contributed by atoms with Crippen molar-refractivity contribution in [2.45, 2.75) is 62.6 Å². The summed E-state index contributed by atoms with van der Waals surface area (Å²) in [6.45, 7) is 0.910. The molecule has 1 saturated carbocycles. The molecule has 0 aliphatic heterocycles. The first-order valence-corrected chi connectivity index (χ1v) is 17.1. The summed E-state index contributed by atoms with van der Waals surface area (Å²) >= 11 is 12.8. The molecular formula is C33H39Cl2N3O7S. The van der Waals surface area contributed by atoms with Gasteiger partial charge in [-0.25, -0.2) is 8.42 Å². The number of nitrogens with zero attached hydrogens (tertiary/aromatic N) is 2. The normalized spacial score (nSPS) is 14.2. The van der Waals surface area contributed by atoms with E-state index in [2.05, 4.69) is 5.32 Å². The van der Waals surface area contributed by atoms with Crippen LogP contribution in [-0.2, 0) is 26.2 Å². The lowest BCUT2D eigenvalue weighted by Gasteiger charge is -2.33. The van der Waals surface area contributed by atoms with E-state index in [1.165, 1.54) is 56.6 Å². The molecule has 46 heavy (non-hydrogen) atoms. The highest BCUT2D eigenvalue weighted by atomic mass is 35.5. The topological polar surface area (TPSA) is 114 Å². The number of carbonyl (C=O) groups excluding carboxylic acids is 2. The Labute approximate surface area is 280 Å². The van der Waals surface area contributed by atoms with Gasteiger partial charge >= 0.3 is 0 Å². The van der Waals surface area contributed by atoms with Crippen molar-refractivity contribution >= 4 is 50.7 Å². The standard InChI is InChI=1S/C33H39Cl2N3O7S/c1-22(33(40)36-25-11-6-5-7-12-25)37(20-23-10-8-9-13-27(23)35)32(39)21-38(28-18-24(34)14-16-29(28)43-2)46(41,42)26-15-17-30(44-3)31(19-26)45-4/h8-10,13-19,22,25H,5-7,11-12,20-21H2,1-4H3,(H,36,40). The van der Waals surface area contributed by atoms with Crippen molar-refractivity contribution in [2.24, 2.45) is 0 Å². The molecule has 0 saturated heterocycles. The Morgan fingerprint density at radius 3 is 2.20 bits per heavy atom. The molecule has 13 heteroatoms. The zero-order valence-corrected chi connectivity index (χ0v) is 28.6. The number of rotatable bonds is 13. The van der Waals surface area contributed by atoms with Crippen molar-refractivity contribution < 1.29 is 32.2 Å². The zero-order chi connectivity index (χ0) is 33.4. The highest BCUT2D eigenvalue weighted by Gasteiger charge is 2.35. The van der Waals surface area contributed by atoms with Gasteiger partial charge in [0.1, 0.15) is 18.3 Å². The number of benzene rings is 3. The number of anilines is 1. The molecule has 1 N–H and O–H groups in total. The van der Waals surface area contributed by atoms with Crippen molar-refractivity contribution in [3.8, 4) is 17.2 Å². The number of sulfonamides is 1. The molecular weight excluding hydrogens is 653 g/mol. The van der Waals surface area contributed by atoms with E-state index in [0.717, 1.165) is 36.4 Å². The lowest BCUT2D eigenvalue weighted by Crippen LogP contribution is -2.53. The molecule has 248 valence electrons. The number of carbonyl (C=O) groups is 2. The second kappa shape index (κ2) is 15.8. The van der Waals surface area contributed by atoms with Crippen LogP contribution in [0.15, 0.2) is 65.6 Å². The smallest absolute Gasteiger partial charge is 0.265 e. The summed E-state index contributed by atoms with van der Waals surface area (Å²) in [4.78, 5) is 29.1. The summed E-state index contributed by atoms with van der Waals surface area (Å²) in [6, 6.07) is 14.7. The molecule has 0 radical (unpaired) electrons. The maximum atomic E-state index is 14.4. The summed E-state index contributed by atoms with van der Waals surface area (Å²) in [7, 11) is -0.240. The van der Waals surface area contributed by atoms with Gasteiger partial charge in [-0.2, -0.15) is 0 Å². The molecule has 0 spiro atoms. The third kappa shape index (κ3) is 8.18. The minimum atomic E-state index is -4.45. The van der Waals surface area contributed by atoms with Crippen molar-refractivity contribution in [2.75, 3.05) is 32.2 Å². The lowest BCUT2D eigenvalue weighted by atomic mass is 9.95. The van der Waals surface area contributed by atoms with Crippen molar-refractivity contribution in [3.63, 3.8) is 0 Å². The van der Waals surface area contributed by atoms with E-state index in [1.807, 2.05) is 0 Å². The molecule has 3 aromatic carbocycles. The minimum Gasteiger partial charge on any atom is -0.495 e. The lowest BCUT2D eigenvalue weighted by molar-refractivity contribution is -0.139. The second-order valence-corrected chi connectivity index (χ2v) is 13.7. The molecule has 0 heterocycles. The number of nitrogens with one attached hydrogen (secondary N) is 1. The Morgan fingerprint density at radius 2 is 1.54 bits per heavy atom. The second-order valence-electron chi connectivity index (χ2n) is 11.0. The maximum Gasteiger partial charge on any atom is 0.265 e. The first-order valence-electron chi connectivity index (χ1n) is 14.9. The number of halogens is 2. The van der Waals surface area contributed by atoms with E-state index in [0.29, 0.717) is 16.3 Å². The predicted octanol–water partition coefficient (Wildman–Crippen LogP) is 6.08. The molecule has 1 aliphatic rings. The molecule has 3 aromatic rings. The predicted molar refractivity (Wildman–Crippen MR) is 179 cm³/mol. The third-order valence-corrected chi connectivity index (χ3v) is 10.4. The van der Waals surface area contributed by atoms with E-state index < -0.39 is 28.5 Å². The molecule has 2 amide bonds. The van der Waals surface area contributed by atoms with Crippen LogP contribution in [0.4, 0.5) is 5.69 Å². The van der Waals surface area contributed by atoms with Crippen molar-refractivity contribution in [1.82, 2.24) is 10.2 Å². The molecule has 10 nitrogen and oxygen atoms in total. The van der Waals surface area contributed by atoms with Crippen molar-refractivity contribution in [1.29, 1.82) is 0 Å². The molecule has 0 bridgehead atoms. The van der Waals surface area contributed by atoms with E-state index in [-0.39, 0.29) is 45.6 Å². The number of amides is 2. The summed E-state index contributed by atoms with van der Waals surface area (Å²) < 4.78 is 45.8. The van der Waals surface area contributed by atoms with Crippen LogP contribution in [0, 0.1) is 0 Å². The van der Waals surface area contributed by atoms with Crippen molar-refractivity contribution in [3.05, 3.63) is 76.3 Å². The Bertz CT molecular complexity index is 1650. The summed E-state index contributed by atoms with van der Waals surface area (Å²) in [5.41, 5.74) is 0.639. The maximum absolute atomic E-state index is 14.4. The Balaban J connectivity index is 1.77. The molecule has 1 unspecified atom stereocenters. The summed E-state index contributed by atoms with van der Waals surface area (Å²) in [6.07, 6.45) is 4.89. The van der Waals surface area contributed by atoms with Crippen LogP contribution in [-0.4, -0.2) is 65.1 Å². The molecule has 0 aromatic heterocycles. The first-order chi connectivity index (χ1) is 22.0. The summed E-state index contributed by atoms with van der Waals surface area (Å²) in [5, 5.41) is 3.72. The first kappa shape index (κ1) is 35.2. The van der Waals surface area contributed by atoms with Gasteiger partial charge < -0.3 is 24.4 Å². The van der Waals surface area contributed by atoms with E-state index in [1.54, 1.807) is 37.3 Å². The number of methoxy groups -OCH3 is 3. The highest BCUT2D eigenvalue weighted by Crippen LogP contribution is 2.37. The average Bonchev–Trinajstić information content (AvgIpc) is 3.06. The minimum absolute atomic E-state index is 0.0126. The van der Waals surface area contributed by atoms with Gasteiger partial charge in [-0.1, -0.05) is 60.7 Å². The monoisotopic (exact) mass is 691 g/mol. The van der Waals surface area contributed by atoms with Gasteiger partial charge in [-0.15, -0.1) is 0 Å². The van der Waals surface area contributed by atoms with Gasteiger partial charge in [0.2, 0.25) is 11.8 Å². The largest absolute Gasteiger partial charge is 0.495 e. The quantitative estimate of drug-likeness (QED) is 0.231. The van der Waals surface area contributed by atoms with Gasteiger partial charge in [-0.3, -0.25) is 13.9 Å². The molecule has 1 atom stereocenters. The van der Waals surface area contributed by atoms with Crippen LogP contribution in [0.2, 0.25) is 10.0 Å². The van der Waals surface area contributed by atoms with Crippen LogP contribution in [0.1, 0.15) is 44.6 Å². The highest BCUT2D eigenvalue weighted by molar-refractivity contribution is 7.92. The molecule has 1 fully saturated rings. The third-order valence-electron chi connectivity index (χ3n) is 8.05. The van der Waals surface area contributed by atoms with Crippen LogP contribution in [0.25, 0.3) is 0 Å². The van der Waals surface area contributed by atoms with E-state index >= 15 is 0 Å². The number of hydrogen-bond acceptors (Lipinski definition) is 7. The number of ether oxygens (including phenoxy) is 3. The molecule has 4 rings (SSSR count). The van der Waals surface area contributed by atoms with Crippen LogP contribution < -0.4 is 23.8 Å². The summed E-state index contributed by atoms with van der Waals surface area (Å²) in [5.74, 6) is -0.296. The fourth-order valence-electron chi connectivity index (χ4n) is 5.44. The van der Waals surface area contributed by atoms with Gasteiger partial charge in [-0.05, 0) is 61.7 Å². The van der Waals surface area contributed by atoms with Crippen LogP contribution >= 0.6 is 23.2 Å². The van der Waals surface area contributed by atoms with Crippen LogP contribution in [0.5, 0.6) is 17.2 Å².